The standard InChI is InChI=1S/C6H9NS/c7-4-1-5-8-6-2-3-6/h6H,1-3,5H2. The summed E-state index contributed by atoms with van der Waals surface area (Å²) in [6.07, 6.45) is 3.49. The van der Waals surface area contributed by atoms with E-state index in [0.29, 0.717) is 0 Å². The Hall–Kier alpha value is -0.160. The van der Waals surface area contributed by atoms with Gasteiger partial charge in [-0.15, -0.1) is 0 Å². The second-order valence-corrected chi connectivity index (χ2v) is 3.39. The van der Waals surface area contributed by atoms with Crippen LogP contribution < -0.4 is 0 Å². The largest absolute Gasteiger partial charge is 0.198 e. The Balaban J connectivity index is 1.83. The van der Waals surface area contributed by atoms with Gasteiger partial charge in [0.2, 0.25) is 0 Å². The first-order chi connectivity index (χ1) is 3.93. The Morgan fingerprint density at radius 3 is 2.88 bits per heavy atom. The molecule has 1 nitrogen and oxygen atoms in total. The van der Waals surface area contributed by atoms with Crippen molar-refractivity contribution in [3.05, 3.63) is 0 Å². The summed E-state index contributed by atoms with van der Waals surface area (Å²) in [5.74, 6) is 1.04. The summed E-state index contributed by atoms with van der Waals surface area (Å²) in [4.78, 5) is 0. The summed E-state index contributed by atoms with van der Waals surface area (Å²) in [5, 5.41) is 9.06. The lowest BCUT2D eigenvalue weighted by Gasteiger charge is -1.88. The first kappa shape index (κ1) is 5.97. The number of rotatable bonds is 3. The molecule has 1 saturated carbocycles. The molecule has 0 aliphatic heterocycles. The van der Waals surface area contributed by atoms with Crippen LogP contribution in [0.3, 0.4) is 0 Å². The Bertz CT molecular complexity index is 102. The molecule has 2 heteroatoms. The van der Waals surface area contributed by atoms with Gasteiger partial charge in [-0.2, -0.15) is 17.0 Å². The van der Waals surface area contributed by atoms with E-state index < -0.39 is 0 Å². The zero-order chi connectivity index (χ0) is 5.82. The van der Waals surface area contributed by atoms with E-state index in [9.17, 15) is 0 Å². The molecule has 0 atom stereocenters. The van der Waals surface area contributed by atoms with Crippen LogP contribution in [0.5, 0.6) is 0 Å². The van der Waals surface area contributed by atoms with E-state index >= 15 is 0 Å². The van der Waals surface area contributed by atoms with Crippen LogP contribution in [-0.4, -0.2) is 11.0 Å². The van der Waals surface area contributed by atoms with E-state index in [2.05, 4.69) is 6.07 Å². The second-order valence-electron chi connectivity index (χ2n) is 1.98. The van der Waals surface area contributed by atoms with Gasteiger partial charge in [-0.1, -0.05) is 0 Å². The Morgan fingerprint density at radius 2 is 2.38 bits per heavy atom. The van der Waals surface area contributed by atoms with Gasteiger partial charge in [-0.05, 0) is 12.8 Å². The van der Waals surface area contributed by atoms with Gasteiger partial charge in [0.1, 0.15) is 0 Å². The molecule has 0 radical (unpaired) electrons. The molecule has 44 valence electrons. The molecule has 0 unspecified atom stereocenters. The summed E-state index contributed by atoms with van der Waals surface area (Å²) in [6, 6.07) is 2.13. The highest BCUT2D eigenvalue weighted by Gasteiger charge is 2.20. The third-order valence-corrected chi connectivity index (χ3v) is 2.47. The molecule has 0 aromatic carbocycles. The van der Waals surface area contributed by atoms with Crippen molar-refractivity contribution < 1.29 is 0 Å². The second kappa shape index (κ2) is 2.99. The average molecular weight is 127 g/mol. The van der Waals surface area contributed by atoms with Crippen LogP contribution in [0.1, 0.15) is 19.3 Å². The summed E-state index contributed by atoms with van der Waals surface area (Å²) < 4.78 is 0. The molecule has 1 fully saturated rings. The molecule has 0 spiro atoms. The molecule has 1 rings (SSSR count). The maximum absolute atomic E-state index is 8.14. The van der Waals surface area contributed by atoms with Gasteiger partial charge in [0.15, 0.2) is 0 Å². The van der Waals surface area contributed by atoms with Crippen molar-refractivity contribution in [2.45, 2.75) is 24.5 Å². The first-order valence-corrected chi connectivity index (χ1v) is 3.97. The number of hydrogen-bond acceptors (Lipinski definition) is 2. The van der Waals surface area contributed by atoms with Crippen molar-refractivity contribution in [3.63, 3.8) is 0 Å². The highest BCUT2D eigenvalue weighted by molar-refractivity contribution is 8.00. The van der Waals surface area contributed by atoms with Gasteiger partial charge >= 0.3 is 0 Å². The molecule has 0 bridgehead atoms. The molecule has 0 N–H and O–H groups in total. The van der Waals surface area contributed by atoms with Crippen LogP contribution in [0.4, 0.5) is 0 Å². The topological polar surface area (TPSA) is 23.8 Å². The fourth-order valence-corrected chi connectivity index (χ4v) is 1.52. The highest BCUT2D eigenvalue weighted by Crippen LogP contribution is 2.33. The van der Waals surface area contributed by atoms with Crippen molar-refractivity contribution in [2.75, 3.05) is 5.75 Å². The number of nitriles is 1. The lowest BCUT2D eigenvalue weighted by molar-refractivity contribution is 1.23. The number of nitrogens with zero attached hydrogens (tertiary/aromatic N) is 1. The van der Waals surface area contributed by atoms with E-state index in [1.54, 1.807) is 0 Å². The van der Waals surface area contributed by atoms with Crippen LogP contribution in [0, 0.1) is 11.3 Å². The fourth-order valence-electron chi connectivity index (χ4n) is 0.506. The lowest BCUT2D eigenvalue weighted by atomic mass is 10.6. The predicted molar refractivity (Wildman–Crippen MR) is 35.7 cm³/mol. The molecule has 0 aromatic heterocycles. The van der Waals surface area contributed by atoms with E-state index in [4.69, 9.17) is 5.26 Å². The minimum atomic E-state index is 0.723. The molecule has 1 aliphatic carbocycles. The van der Waals surface area contributed by atoms with Gasteiger partial charge in [0, 0.05) is 17.4 Å². The summed E-state index contributed by atoms with van der Waals surface area (Å²) in [5.41, 5.74) is 0. The maximum Gasteiger partial charge on any atom is 0.0630 e. The highest BCUT2D eigenvalue weighted by atomic mass is 32.2. The lowest BCUT2D eigenvalue weighted by Crippen LogP contribution is -1.77. The summed E-state index contributed by atoms with van der Waals surface area (Å²) in [7, 11) is 0. The van der Waals surface area contributed by atoms with Gasteiger partial charge in [-0.25, -0.2) is 0 Å². The molecule has 8 heavy (non-hydrogen) atoms. The van der Waals surface area contributed by atoms with Crippen molar-refractivity contribution in [3.8, 4) is 6.07 Å². The van der Waals surface area contributed by atoms with E-state index in [0.717, 1.165) is 17.4 Å². The van der Waals surface area contributed by atoms with Crippen molar-refractivity contribution in [1.29, 1.82) is 5.26 Å². The Kier molecular flexibility index (Phi) is 2.23. The zero-order valence-corrected chi connectivity index (χ0v) is 5.58. The van der Waals surface area contributed by atoms with Crippen molar-refractivity contribution >= 4 is 11.8 Å². The quantitative estimate of drug-likeness (QED) is 0.540. The predicted octanol–water partition coefficient (Wildman–Crippen LogP) is 1.80. The third-order valence-electron chi connectivity index (χ3n) is 1.09. The van der Waals surface area contributed by atoms with Crippen LogP contribution in [0.2, 0.25) is 0 Å². The van der Waals surface area contributed by atoms with Gasteiger partial charge in [-0.3, -0.25) is 0 Å². The maximum atomic E-state index is 8.14. The Labute approximate surface area is 54.1 Å². The van der Waals surface area contributed by atoms with Gasteiger partial charge in [0.05, 0.1) is 6.07 Å². The third kappa shape index (κ3) is 2.23. The molecule has 0 saturated heterocycles. The SMILES string of the molecule is N#CCCSC1CC1. The van der Waals surface area contributed by atoms with E-state index in [1.807, 2.05) is 11.8 Å². The average Bonchev–Trinajstić information content (AvgIpc) is 2.51. The smallest absolute Gasteiger partial charge is 0.0630 e. The fraction of sp³-hybridized carbons (Fsp3) is 0.833. The van der Waals surface area contributed by atoms with Gasteiger partial charge in [0.25, 0.3) is 0 Å². The van der Waals surface area contributed by atoms with Crippen molar-refractivity contribution in [1.82, 2.24) is 0 Å². The van der Waals surface area contributed by atoms with E-state index in [1.165, 1.54) is 12.8 Å². The van der Waals surface area contributed by atoms with Crippen LogP contribution in [-0.2, 0) is 0 Å². The normalized spacial score (nSPS) is 17.9. The van der Waals surface area contributed by atoms with E-state index in [-0.39, 0.29) is 0 Å². The van der Waals surface area contributed by atoms with Crippen LogP contribution >= 0.6 is 11.8 Å². The molecule has 0 aromatic rings. The molecule has 0 heterocycles. The number of hydrogen-bond donors (Lipinski definition) is 0. The first-order valence-electron chi connectivity index (χ1n) is 2.92. The van der Waals surface area contributed by atoms with Gasteiger partial charge < -0.3 is 0 Å². The monoisotopic (exact) mass is 127 g/mol. The minimum Gasteiger partial charge on any atom is -0.198 e. The van der Waals surface area contributed by atoms with Crippen LogP contribution in [0.25, 0.3) is 0 Å². The van der Waals surface area contributed by atoms with Crippen molar-refractivity contribution in [2.24, 2.45) is 0 Å². The zero-order valence-electron chi connectivity index (χ0n) is 4.76. The molecule has 0 amide bonds. The molecular formula is C6H9NS. The Morgan fingerprint density at radius 1 is 1.62 bits per heavy atom. The van der Waals surface area contributed by atoms with Crippen LogP contribution in [0.15, 0.2) is 0 Å². The minimum absolute atomic E-state index is 0.723. The summed E-state index contributed by atoms with van der Waals surface area (Å²) >= 11 is 1.94. The molecule has 1 aliphatic rings. The summed E-state index contributed by atoms with van der Waals surface area (Å²) in [6.45, 7) is 0. The molecular weight excluding hydrogens is 118 g/mol. The number of thioether (sulfide) groups is 1.